The van der Waals surface area contributed by atoms with E-state index in [0.717, 1.165) is 24.3 Å². The van der Waals surface area contributed by atoms with Crippen LogP contribution in [0.4, 0.5) is 0 Å². The number of likely N-dealkylation sites (tertiary alicyclic amines) is 1. The zero-order valence-electron chi connectivity index (χ0n) is 17.9. The first-order valence-corrected chi connectivity index (χ1v) is 12.8. The van der Waals surface area contributed by atoms with Crippen LogP contribution in [0.2, 0.25) is 0 Å². The summed E-state index contributed by atoms with van der Waals surface area (Å²) in [5.41, 5.74) is 3.96. The van der Waals surface area contributed by atoms with Crippen LogP contribution in [0.5, 0.6) is 0 Å². The van der Waals surface area contributed by atoms with Crippen molar-refractivity contribution in [3.05, 3.63) is 35.5 Å². The minimum Gasteiger partial charge on any atom is -0.383 e. The van der Waals surface area contributed by atoms with Crippen molar-refractivity contribution in [2.24, 2.45) is 11.8 Å². The number of ether oxygens (including phenoxy) is 2. The normalized spacial score (nSPS) is 27.2. The summed E-state index contributed by atoms with van der Waals surface area (Å²) < 4.78 is 13.4. The quantitative estimate of drug-likeness (QED) is 0.656. The summed E-state index contributed by atoms with van der Waals surface area (Å²) in [7, 11) is 3.49. The van der Waals surface area contributed by atoms with Gasteiger partial charge < -0.3 is 18.9 Å². The summed E-state index contributed by atoms with van der Waals surface area (Å²) in [4.78, 5) is 15.8. The number of rotatable bonds is 6. The van der Waals surface area contributed by atoms with E-state index < -0.39 is 0 Å². The number of benzene rings is 1. The molecule has 5 rings (SSSR count). The van der Waals surface area contributed by atoms with Gasteiger partial charge >= 0.3 is 0 Å². The van der Waals surface area contributed by atoms with Crippen molar-refractivity contribution < 1.29 is 14.3 Å². The lowest BCUT2D eigenvalue weighted by atomic mass is 9.70. The summed E-state index contributed by atoms with van der Waals surface area (Å²) in [5.74, 6) is 3.01. The second-order valence-electron chi connectivity index (χ2n) is 8.39. The Morgan fingerprint density at radius 3 is 2.63 bits per heavy atom. The molecule has 30 heavy (non-hydrogen) atoms. The number of nitrogens with zero attached hydrogens (tertiary/aromatic N) is 2. The Bertz CT molecular complexity index is 953. The number of hydrogen-bond donors (Lipinski definition) is 0. The van der Waals surface area contributed by atoms with Crippen molar-refractivity contribution in [3.63, 3.8) is 0 Å². The minimum atomic E-state index is -0.0624. The Morgan fingerprint density at radius 2 is 1.93 bits per heavy atom. The highest BCUT2D eigenvalue weighted by atomic mass is 32.2. The van der Waals surface area contributed by atoms with Crippen LogP contribution in [0.15, 0.2) is 24.3 Å². The number of hydrogen-bond acceptors (Lipinski definition) is 5. The van der Waals surface area contributed by atoms with Crippen LogP contribution >= 0.6 is 23.5 Å². The predicted molar refractivity (Wildman–Crippen MR) is 124 cm³/mol. The average Bonchev–Trinajstić information content (AvgIpc) is 3.36. The van der Waals surface area contributed by atoms with Gasteiger partial charge in [0.2, 0.25) is 5.91 Å². The van der Waals surface area contributed by atoms with Gasteiger partial charge in [0.1, 0.15) is 10.8 Å². The molecule has 1 aromatic heterocycles. The zero-order chi connectivity index (χ0) is 20.9. The van der Waals surface area contributed by atoms with Crippen molar-refractivity contribution in [1.29, 1.82) is 0 Å². The summed E-state index contributed by atoms with van der Waals surface area (Å²) in [6, 6.07) is 8.77. The molecule has 1 spiro atoms. The van der Waals surface area contributed by atoms with E-state index in [-0.39, 0.29) is 16.0 Å². The lowest BCUT2D eigenvalue weighted by Crippen LogP contribution is -2.55. The molecule has 2 aromatic rings. The molecule has 1 amide bonds. The lowest BCUT2D eigenvalue weighted by molar-refractivity contribution is -0.148. The van der Waals surface area contributed by atoms with Crippen molar-refractivity contribution in [3.8, 4) is 0 Å². The largest absolute Gasteiger partial charge is 0.383 e. The first-order valence-electron chi connectivity index (χ1n) is 10.9. The summed E-state index contributed by atoms with van der Waals surface area (Å²) in [6.45, 7) is 3.94. The van der Waals surface area contributed by atoms with E-state index >= 15 is 0 Å². The van der Waals surface area contributed by atoms with Gasteiger partial charge in [0, 0.05) is 55.1 Å². The van der Waals surface area contributed by atoms with Gasteiger partial charge in [0.05, 0.1) is 23.9 Å². The number of para-hydroxylation sites is 1. The fraction of sp³-hybridized carbons (Fsp3) is 0.609. The molecule has 1 aromatic carbocycles. The monoisotopic (exact) mass is 446 g/mol. The van der Waals surface area contributed by atoms with Crippen LogP contribution in [0.3, 0.4) is 0 Å². The van der Waals surface area contributed by atoms with E-state index in [1.54, 1.807) is 14.2 Å². The van der Waals surface area contributed by atoms with E-state index in [1.807, 2.05) is 0 Å². The summed E-state index contributed by atoms with van der Waals surface area (Å²) >= 11 is 4.13. The van der Waals surface area contributed by atoms with Gasteiger partial charge in [0.25, 0.3) is 0 Å². The Kier molecular flexibility index (Phi) is 5.58. The average molecular weight is 447 g/mol. The molecule has 162 valence electrons. The Balaban J connectivity index is 1.80. The molecule has 0 unspecified atom stereocenters. The van der Waals surface area contributed by atoms with Crippen LogP contribution in [-0.4, -0.2) is 54.3 Å². The van der Waals surface area contributed by atoms with Crippen molar-refractivity contribution in [2.45, 2.75) is 36.6 Å². The maximum atomic E-state index is 13.7. The molecule has 0 radical (unpaired) electrons. The van der Waals surface area contributed by atoms with Gasteiger partial charge in [-0.2, -0.15) is 0 Å². The number of carbonyl (C=O) groups excluding carboxylic acids is 1. The minimum absolute atomic E-state index is 0.0624. The highest BCUT2D eigenvalue weighted by molar-refractivity contribution is 8.20. The van der Waals surface area contributed by atoms with Crippen LogP contribution < -0.4 is 0 Å². The van der Waals surface area contributed by atoms with Gasteiger partial charge in [-0.1, -0.05) is 25.1 Å². The molecule has 2 saturated heterocycles. The van der Waals surface area contributed by atoms with E-state index in [0.29, 0.717) is 31.7 Å². The maximum Gasteiger partial charge on any atom is 0.226 e. The van der Waals surface area contributed by atoms with Gasteiger partial charge in [-0.3, -0.25) is 4.79 Å². The number of thioether (sulfide) groups is 2. The molecule has 2 aliphatic heterocycles. The topological polar surface area (TPSA) is 43.7 Å². The van der Waals surface area contributed by atoms with Gasteiger partial charge in [-0.05, 0) is 18.9 Å². The predicted octanol–water partition coefficient (Wildman–Crippen LogP) is 4.45. The molecular weight excluding hydrogens is 416 g/mol. The molecule has 0 N–H and O–H groups in total. The third-order valence-electron chi connectivity index (χ3n) is 7.05. The summed E-state index contributed by atoms with van der Waals surface area (Å²) in [5, 5.41) is 1.27. The van der Waals surface area contributed by atoms with Crippen LogP contribution in [0.1, 0.15) is 37.1 Å². The molecule has 3 atom stereocenters. The molecule has 3 aliphatic rings. The molecule has 1 aliphatic carbocycles. The Labute approximate surface area is 186 Å². The van der Waals surface area contributed by atoms with Gasteiger partial charge in [0.15, 0.2) is 0 Å². The SMILES string of the molecule is CC[C@H]1C(=O)N(CCOC)[C@@H]2C[C@H]1C1(SCCS1)c1c2c2ccccc2n1COC. The molecule has 3 heterocycles. The molecule has 2 bridgehead atoms. The Hall–Kier alpha value is -1.15. The first kappa shape index (κ1) is 20.7. The number of aromatic nitrogens is 1. The third kappa shape index (κ3) is 2.81. The van der Waals surface area contributed by atoms with Gasteiger partial charge in [-0.15, -0.1) is 23.5 Å². The van der Waals surface area contributed by atoms with Crippen molar-refractivity contribution >= 4 is 40.3 Å². The molecule has 5 nitrogen and oxygen atoms in total. The first-order chi connectivity index (χ1) is 14.7. The Morgan fingerprint density at radius 1 is 1.17 bits per heavy atom. The van der Waals surface area contributed by atoms with Crippen LogP contribution in [-0.2, 0) is 25.1 Å². The molecular formula is C23H30N2O3S2. The molecule has 7 heteroatoms. The van der Waals surface area contributed by atoms with Crippen molar-refractivity contribution in [2.75, 3.05) is 38.9 Å². The fourth-order valence-electron chi connectivity index (χ4n) is 5.94. The van der Waals surface area contributed by atoms with E-state index in [1.165, 1.54) is 22.2 Å². The van der Waals surface area contributed by atoms with Gasteiger partial charge in [-0.25, -0.2) is 0 Å². The highest BCUT2D eigenvalue weighted by Crippen LogP contribution is 2.67. The van der Waals surface area contributed by atoms with Crippen LogP contribution in [0.25, 0.3) is 10.9 Å². The van der Waals surface area contributed by atoms with Crippen molar-refractivity contribution in [1.82, 2.24) is 9.47 Å². The smallest absolute Gasteiger partial charge is 0.226 e. The second kappa shape index (κ2) is 8.08. The number of piperidine rings is 1. The third-order valence-corrected chi connectivity index (χ3v) is 10.7. The van der Waals surface area contributed by atoms with E-state index in [2.05, 4.69) is 64.2 Å². The number of carbonyl (C=O) groups is 1. The summed E-state index contributed by atoms with van der Waals surface area (Å²) in [6.07, 6.45) is 1.93. The molecule has 2 fully saturated rings. The van der Waals surface area contributed by atoms with E-state index in [9.17, 15) is 4.79 Å². The highest BCUT2D eigenvalue weighted by Gasteiger charge is 2.60. The molecule has 0 saturated carbocycles. The second-order valence-corrected chi connectivity index (χ2v) is 11.3. The van der Waals surface area contributed by atoms with E-state index in [4.69, 9.17) is 9.47 Å². The fourth-order valence-corrected chi connectivity index (χ4v) is 9.71. The maximum absolute atomic E-state index is 13.7. The lowest BCUT2D eigenvalue weighted by Gasteiger charge is -2.53. The number of amides is 1. The van der Waals surface area contributed by atoms with Crippen LogP contribution in [0, 0.1) is 11.8 Å². The number of methoxy groups -OCH3 is 2. The number of fused-ring (bicyclic) bond motifs is 8. The zero-order valence-corrected chi connectivity index (χ0v) is 19.6. The standard InChI is InChI=1S/C23H30N2O3S2/c1-4-15-17-13-19(24(22(15)26)9-10-27-2)20-16-7-5-6-8-18(16)25(14-28-3)21(20)23(17)29-11-12-30-23/h5-8,15,17,19H,4,9-14H2,1-3H3/t15-,17-,19-/m1/s1.